The first-order valence-corrected chi connectivity index (χ1v) is 10.3. The second-order valence-electron chi connectivity index (χ2n) is 8.14. The number of Topliss-reactive ketones (excluding diaryl/α,β-unsaturated/α-hetero) is 1. The molecule has 174 valence electrons. The number of hydrogen-bond donors (Lipinski definition) is 1. The van der Waals surface area contributed by atoms with Crippen molar-refractivity contribution in [2.45, 2.75) is 37.9 Å². The maximum atomic E-state index is 14.1. The number of ketones is 1. The number of aromatic hydroxyl groups is 1. The number of carbonyl (C=O) groups is 2. The molecule has 2 aliphatic rings. The van der Waals surface area contributed by atoms with Crippen molar-refractivity contribution in [2.24, 2.45) is 11.3 Å². The SMILES string of the molecule is C=CC[C@]12C=C(OC)[C@@H](OC(C)=O)[C@](OC)(C1=O)[C@@H](c1cc(OC)c(O)c(OC)c1)[C@@H]2C. The van der Waals surface area contributed by atoms with Crippen LogP contribution in [0.1, 0.15) is 31.7 Å². The number of benzene rings is 1. The zero-order valence-corrected chi connectivity index (χ0v) is 19.3. The number of phenolic OH excluding ortho intramolecular Hbond substituents is 1. The summed E-state index contributed by atoms with van der Waals surface area (Å²) in [4.78, 5) is 26.1. The van der Waals surface area contributed by atoms with E-state index in [1.807, 2.05) is 6.92 Å². The van der Waals surface area contributed by atoms with Gasteiger partial charge in [-0.1, -0.05) is 13.0 Å². The van der Waals surface area contributed by atoms with E-state index in [9.17, 15) is 14.7 Å². The summed E-state index contributed by atoms with van der Waals surface area (Å²) in [6, 6.07) is 3.29. The van der Waals surface area contributed by atoms with Crippen LogP contribution in [-0.4, -0.2) is 57.0 Å². The van der Waals surface area contributed by atoms with E-state index in [4.69, 9.17) is 23.7 Å². The molecule has 32 heavy (non-hydrogen) atoms. The lowest BCUT2D eigenvalue weighted by molar-refractivity contribution is -0.177. The quantitative estimate of drug-likeness (QED) is 0.480. The second kappa shape index (κ2) is 8.50. The Bertz CT molecular complexity index is 942. The Hall–Kier alpha value is -3.00. The molecule has 1 N–H and O–H groups in total. The van der Waals surface area contributed by atoms with Crippen molar-refractivity contribution in [1.29, 1.82) is 0 Å². The summed E-state index contributed by atoms with van der Waals surface area (Å²) in [7, 11) is 5.75. The molecule has 0 heterocycles. The predicted molar refractivity (Wildman–Crippen MR) is 116 cm³/mol. The van der Waals surface area contributed by atoms with Crippen LogP contribution in [0.25, 0.3) is 0 Å². The third-order valence-corrected chi connectivity index (χ3v) is 6.80. The molecule has 5 atom stereocenters. The maximum absolute atomic E-state index is 14.1. The Kier molecular flexibility index (Phi) is 6.29. The standard InChI is InChI=1S/C24H30O8/c1-8-9-23-12-18(30-6)21(32-14(3)25)24(31-7,22(23)27)19(13(23)2)15-10-16(28-4)20(26)17(11-15)29-5/h8,10-13,19,21,26H,1,9H2,2-7H3/t13-,19+,21+,23+,24-/m0/s1. The lowest BCUT2D eigenvalue weighted by Crippen LogP contribution is -2.58. The van der Waals surface area contributed by atoms with Crippen molar-refractivity contribution >= 4 is 11.8 Å². The van der Waals surface area contributed by atoms with Gasteiger partial charge in [-0.05, 0) is 36.1 Å². The van der Waals surface area contributed by atoms with Crippen LogP contribution in [0.15, 0.2) is 36.6 Å². The molecule has 0 radical (unpaired) electrons. The van der Waals surface area contributed by atoms with Gasteiger partial charge in [0.15, 0.2) is 29.0 Å². The normalized spacial score (nSPS) is 31.0. The van der Waals surface area contributed by atoms with Gasteiger partial charge in [0.25, 0.3) is 0 Å². The number of esters is 1. The molecule has 0 aromatic heterocycles. The van der Waals surface area contributed by atoms with Crippen LogP contribution in [0.2, 0.25) is 0 Å². The van der Waals surface area contributed by atoms with Crippen LogP contribution < -0.4 is 9.47 Å². The zero-order chi connectivity index (χ0) is 23.8. The van der Waals surface area contributed by atoms with Gasteiger partial charge in [-0.2, -0.15) is 0 Å². The van der Waals surface area contributed by atoms with Gasteiger partial charge in [0, 0.05) is 20.0 Å². The highest BCUT2D eigenvalue weighted by atomic mass is 16.6. The number of phenols is 1. The van der Waals surface area contributed by atoms with E-state index in [-0.39, 0.29) is 28.9 Å². The smallest absolute Gasteiger partial charge is 0.303 e. The van der Waals surface area contributed by atoms with Crippen LogP contribution in [0, 0.1) is 11.3 Å². The van der Waals surface area contributed by atoms with E-state index in [1.54, 1.807) is 24.3 Å². The topological polar surface area (TPSA) is 101 Å². The molecule has 1 aromatic carbocycles. The first-order valence-electron chi connectivity index (χ1n) is 10.3. The summed E-state index contributed by atoms with van der Waals surface area (Å²) >= 11 is 0. The third kappa shape index (κ3) is 3.08. The van der Waals surface area contributed by atoms with Gasteiger partial charge in [-0.3, -0.25) is 9.59 Å². The van der Waals surface area contributed by atoms with E-state index >= 15 is 0 Å². The van der Waals surface area contributed by atoms with E-state index in [1.165, 1.54) is 35.4 Å². The average Bonchev–Trinajstić information content (AvgIpc) is 2.89. The molecular weight excluding hydrogens is 416 g/mol. The molecule has 2 bridgehead atoms. The van der Waals surface area contributed by atoms with E-state index < -0.39 is 29.0 Å². The number of carbonyl (C=O) groups excluding carboxylic acids is 2. The Morgan fingerprint density at radius 3 is 2.19 bits per heavy atom. The predicted octanol–water partition coefficient (Wildman–Crippen LogP) is 3.14. The Morgan fingerprint density at radius 1 is 1.16 bits per heavy atom. The zero-order valence-electron chi connectivity index (χ0n) is 19.3. The first kappa shape index (κ1) is 23.7. The van der Waals surface area contributed by atoms with Gasteiger partial charge in [-0.15, -0.1) is 6.58 Å². The van der Waals surface area contributed by atoms with Crippen LogP contribution in [0.4, 0.5) is 0 Å². The van der Waals surface area contributed by atoms with E-state index in [0.29, 0.717) is 17.7 Å². The van der Waals surface area contributed by atoms with Gasteiger partial charge in [0.05, 0.1) is 26.7 Å². The van der Waals surface area contributed by atoms with Gasteiger partial charge in [0.1, 0.15) is 5.76 Å². The number of ether oxygens (including phenoxy) is 5. The number of rotatable bonds is 8. The van der Waals surface area contributed by atoms with E-state index in [0.717, 1.165) is 0 Å². The average molecular weight is 446 g/mol. The monoisotopic (exact) mass is 446 g/mol. The van der Waals surface area contributed by atoms with Crippen molar-refractivity contribution in [3.8, 4) is 17.2 Å². The van der Waals surface area contributed by atoms with Crippen molar-refractivity contribution in [3.05, 3.63) is 42.2 Å². The van der Waals surface area contributed by atoms with E-state index in [2.05, 4.69) is 6.58 Å². The Morgan fingerprint density at radius 2 is 1.75 bits per heavy atom. The molecular formula is C24H30O8. The van der Waals surface area contributed by atoms with Crippen LogP contribution >= 0.6 is 0 Å². The Balaban J connectivity index is 2.36. The molecule has 0 amide bonds. The fourth-order valence-electron chi connectivity index (χ4n) is 5.41. The van der Waals surface area contributed by atoms with Crippen molar-refractivity contribution < 1.29 is 38.4 Å². The molecule has 1 aromatic rings. The van der Waals surface area contributed by atoms with Crippen molar-refractivity contribution in [3.63, 3.8) is 0 Å². The minimum absolute atomic E-state index is 0.154. The number of allylic oxidation sites excluding steroid dienone is 2. The first-order chi connectivity index (χ1) is 15.2. The minimum atomic E-state index is -1.57. The largest absolute Gasteiger partial charge is 0.502 e. The second-order valence-corrected chi connectivity index (χ2v) is 8.14. The molecule has 8 heteroatoms. The lowest BCUT2D eigenvalue weighted by Gasteiger charge is -2.42. The highest BCUT2D eigenvalue weighted by Crippen LogP contribution is 2.64. The highest BCUT2D eigenvalue weighted by Gasteiger charge is 2.73. The molecule has 0 spiro atoms. The lowest BCUT2D eigenvalue weighted by atomic mass is 9.70. The van der Waals surface area contributed by atoms with Gasteiger partial charge in [0.2, 0.25) is 5.75 Å². The van der Waals surface area contributed by atoms with Crippen molar-refractivity contribution in [1.82, 2.24) is 0 Å². The summed E-state index contributed by atoms with van der Waals surface area (Å²) in [5.41, 5.74) is -1.92. The molecule has 2 aliphatic carbocycles. The summed E-state index contributed by atoms with van der Waals surface area (Å²) in [6.07, 6.45) is 2.67. The summed E-state index contributed by atoms with van der Waals surface area (Å²) in [5.74, 6) is -1.12. The van der Waals surface area contributed by atoms with Gasteiger partial charge >= 0.3 is 5.97 Å². The summed E-state index contributed by atoms with van der Waals surface area (Å²) in [6.45, 7) is 7.06. The van der Waals surface area contributed by atoms with Crippen molar-refractivity contribution in [2.75, 3.05) is 28.4 Å². The highest BCUT2D eigenvalue weighted by molar-refractivity contribution is 6.01. The number of methoxy groups -OCH3 is 4. The molecule has 1 saturated carbocycles. The molecule has 3 rings (SSSR count). The third-order valence-electron chi connectivity index (χ3n) is 6.80. The summed E-state index contributed by atoms with van der Waals surface area (Å²) in [5, 5.41) is 10.4. The number of hydrogen-bond acceptors (Lipinski definition) is 8. The van der Waals surface area contributed by atoms with Crippen LogP contribution in [0.3, 0.4) is 0 Å². The Labute approximate surface area is 187 Å². The van der Waals surface area contributed by atoms with Gasteiger partial charge < -0.3 is 28.8 Å². The molecule has 0 unspecified atom stereocenters. The maximum Gasteiger partial charge on any atom is 0.303 e. The fourth-order valence-corrected chi connectivity index (χ4v) is 5.41. The van der Waals surface area contributed by atoms with Crippen LogP contribution in [0.5, 0.6) is 17.2 Å². The van der Waals surface area contributed by atoms with Crippen LogP contribution in [-0.2, 0) is 23.8 Å². The fraction of sp³-hybridized carbons (Fsp3) is 0.500. The minimum Gasteiger partial charge on any atom is -0.502 e. The number of fused-ring (bicyclic) bond motifs is 2. The summed E-state index contributed by atoms with van der Waals surface area (Å²) < 4.78 is 27.9. The van der Waals surface area contributed by atoms with Gasteiger partial charge in [-0.25, -0.2) is 0 Å². The molecule has 8 nitrogen and oxygen atoms in total. The molecule has 1 fully saturated rings. The molecule has 0 aliphatic heterocycles. The molecule has 0 saturated heterocycles.